The molecule has 3 rings (SSSR count). The molecule has 1 aliphatic heterocycles. The SMILES string of the molecule is NC(=O)COc1c(Br)cc(Br)cc1/C=C1/C(=O)NC(=O)N(c2ccc(Cl)c(Cl)c2)C1=O. The first kappa shape index (κ1) is 23.3. The van der Waals surface area contributed by atoms with E-state index in [1.54, 1.807) is 12.1 Å². The molecule has 0 bridgehead atoms. The van der Waals surface area contributed by atoms with E-state index in [4.69, 9.17) is 33.7 Å². The van der Waals surface area contributed by atoms with Crippen LogP contribution in [0.3, 0.4) is 0 Å². The molecule has 5 amide bonds. The van der Waals surface area contributed by atoms with Crippen LogP contribution in [-0.2, 0) is 14.4 Å². The Morgan fingerprint density at radius 2 is 1.84 bits per heavy atom. The number of nitrogens with two attached hydrogens (primary N) is 1. The molecule has 160 valence electrons. The molecule has 0 unspecified atom stereocenters. The Bertz CT molecular complexity index is 1170. The van der Waals surface area contributed by atoms with Crippen molar-refractivity contribution in [1.82, 2.24) is 5.32 Å². The Labute approximate surface area is 202 Å². The first-order valence-electron chi connectivity index (χ1n) is 8.35. The van der Waals surface area contributed by atoms with Gasteiger partial charge in [0.2, 0.25) is 0 Å². The maximum Gasteiger partial charge on any atom is 0.335 e. The molecule has 1 aliphatic rings. The zero-order valence-electron chi connectivity index (χ0n) is 15.2. The second kappa shape index (κ2) is 9.39. The Hall–Kier alpha value is -2.40. The normalized spacial score (nSPS) is 15.3. The first-order chi connectivity index (χ1) is 14.6. The number of anilines is 1. The number of barbiturate groups is 1. The molecular formula is C19H11Br2Cl2N3O5. The van der Waals surface area contributed by atoms with Gasteiger partial charge < -0.3 is 10.5 Å². The van der Waals surface area contributed by atoms with E-state index in [0.717, 1.165) is 4.90 Å². The molecule has 3 N–H and O–H groups in total. The summed E-state index contributed by atoms with van der Waals surface area (Å²) in [6.45, 7) is -0.426. The second-order valence-electron chi connectivity index (χ2n) is 6.12. The van der Waals surface area contributed by atoms with Gasteiger partial charge >= 0.3 is 6.03 Å². The number of imide groups is 2. The van der Waals surface area contributed by atoms with Gasteiger partial charge in [0.1, 0.15) is 11.3 Å². The molecule has 0 spiro atoms. The lowest BCUT2D eigenvalue weighted by Crippen LogP contribution is -2.54. The van der Waals surface area contributed by atoms with Gasteiger partial charge in [0.05, 0.1) is 20.2 Å². The van der Waals surface area contributed by atoms with Crippen LogP contribution in [-0.4, -0.2) is 30.4 Å². The van der Waals surface area contributed by atoms with E-state index in [2.05, 4.69) is 37.2 Å². The minimum absolute atomic E-state index is 0.121. The number of carbonyl (C=O) groups excluding carboxylic acids is 4. The van der Waals surface area contributed by atoms with E-state index in [-0.39, 0.29) is 32.6 Å². The average molecular weight is 592 g/mol. The topological polar surface area (TPSA) is 119 Å². The maximum absolute atomic E-state index is 13.1. The third-order valence-corrected chi connectivity index (χ3v) is 5.74. The van der Waals surface area contributed by atoms with Crippen molar-refractivity contribution in [2.24, 2.45) is 5.73 Å². The Balaban J connectivity index is 2.08. The molecule has 0 aromatic heterocycles. The lowest BCUT2D eigenvalue weighted by molar-refractivity contribution is -0.123. The van der Waals surface area contributed by atoms with Crippen molar-refractivity contribution in [2.75, 3.05) is 11.5 Å². The summed E-state index contributed by atoms with van der Waals surface area (Å²) >= 11 is 18.5. The number of halogens is 4. The third kappa shape index (κ3) is 5.09. The van der Waals surface area contributed by atoms with Gasteiger partial charge in [-0.1, -0.05) is 39.1 Å². The fourth-order valence-corrected chi connectivity index (χ4v) is 4.32. The smallest absolute Gasteiger partial charge is 0.335 e. The molecule has 0 aliphatic carbocycles. The van der Waals surface area contributed by atoms with Crippen molar-refractivity contribution in [3.63, 3.8) is 0 Å². The molecule has 0 radical (unpaired) electrons. The van der Waals surface area contributed by atoms with Gasteiger partial charge in [-0.3, -0.25) is 19.7 Å². The largest absolute Gasteiger partial charge is 0.482 e. The summed E-state index contributed by atoms with van der Waals surface area (Å²) in [7, 11) is 0. The third-order valence-electron chi connectivity index (χ3n) is 3.96. The highest BCUT2D eigenvalue weighted by Crippen LogP contribution is 2.35. The molecule has 0 saturated carbocycles. The average Bonchev–Trinajstić information content (AvgIpc) is 2.66. The van der Waals surface area contributed by atoms with Crippen LogP contribution in [0.5, 0.6) is 5.75 Å². The van der Waals surface area contributed by atoms with Crippen LogP contribution in [0.25, 0.3) is 6.08 Å². The Morgan fingerprint density at radius 3 is 2.48 bits per heavy atom. The van der Waals surface area contributed by atoms with Gasteiger partial charge in [-0.15, -0.1) is 0 Å². The van der Waals surface area contributed by atoms with Gasteiger partial charge in [0.15, 0.2) is 6.61 Å². The lowest BCUT2D eigenvalue weighted by Gasteiger charge is -2.26. The number of benzene rings is 2. The summed E-state index contributed by atoms with van der Waals surface area (Å²) in [5.74, 6) is -2.32. The van der Waals surface area contributed by atoms with Crippen LogP contribution in [0.1, 0.15) is 5.56 Å². The minimum atomic E-state index is -0.939. The minimum Gasteiger partial charge on any atom is -0.482 e. The second-order valence-corrected chi connectivity index (χ2v) is 8.70. The standard InChI is InChI=1S/C19H11Br2Cl2N3O5/c20-9-3-8(16(12(21)5-9)31-7-15(24)27)4-11-17(28)25-19(30)26(18(11)29)10-1-2-13(22)14(23)6-10/h1-6H,7H2,(H2,24,27)(H,25,28,30)/b11-4-. The fraction of sp³-hybridized carbons (Fsp3) is 0.0526. The Kier molecular flexibility index (Phi) is 7.05. The van der Waals surface area contributed by atoms with E-state index in [1.807, 2.05) is 0 Å². The number of nitrogens with zero attached hydrogens (tertiary/aromatic N) is 1. The van der Waals surface area contributed by atoms with Crippen LogP contribution in [0.4, 0.5) is 10.5 Å². The van der Waals surface area contributed by atoms with Crippen molar-refractivity contribution in [3.05, 3.63) is 60.5 Å². The summed E-state index contributed by atoms with van der Waals surface area (Å²) in [4.78, 5) is 49.7. The van der Waals surface area contributed by atoms with Crippen LogP contribution in [0.2, 0.25) is 10.0 Å². The molecule has 1 heterocycles. The van der Waals surface area contributed by atoms with E-state index < -0.39 is 30.4 Å². The summed E-state index contributed by atoms with van der Waals surface area (Å²) in [6.07, 6.45) is 1.24. The number of rotatable bonds is 5. The van der Waals surface area contributed by atoms with Gasteiger partial charge in [0.25, 0.3) is 17.7 Å². The van der Waals surface area contributed by atoms with Gasteiger partial charge in [-0.05, 0) is 52.3 Å². The fourth-order valence-electron chi connectivity index (χ4n) is 2.65. The van der Waals surface area contributed by atoms with Crippen molar-refractivity contribution in [3.8, 4) is 5.75 Å². The van der Waals surface area contributed by atoms with Crippen LogP contribution in [0, 0.1) is 0 Å². The number of carbonyl (C=O) groups is 4. The predicted molar refractivity (Wildman–Crippen MR) is 122 cm³/mol. The number of nitrogens with one attached hydrogen (secondary N) is 1. The number of primary amides is 1. The van der Waals surface area contributed by atoms with Crippen LogP contribution >= 0.6 is 55.1 Å². The van der Waals surface area contributed by atoms with Gasteiger partial charge in [0, 0.05) is 10.0 Å². The highest BCUT2D eigenvalue weighted by molar-refractivity contribution is 9.11. The molecule has 12 heteroatoms. The Morgan fingerprint density at radius 1 is 1.13 bits per heavy atom. The van der Waals surface area contributed by atoms with Crippen LogP contribution in [0.15, 0.2) is 44.9 Å². The molecule has 1 saturated heterocycles. The van der Waals surface area contributed by atoms with Crippen molar-refractivity contribution in [2.45, 2.75) is 0 Å². The van der Waals surface area contributed by atoms with Crippen LogP contribution < -0.4 is 20.7 Å². The number of hydrogen-bond donors (Lipinski definition) is 2. The number of urea groups is 1. The number of hydrogen-bond acceptors (Lipinski definition) is 5. The first-order valence-corrected chi connectivity index (χ1v) is 10.7. The zero-order valence-corrected chi connectivity index (χ0v) is 19.9. The summed E-state index contributed by atoms with van der Waals surface area (Å²) in [5.41, 5.74) is 5.19. The van der Waals surface area contributed by atoms with Crippen molar-refractivity contribution >= 4 is 90.6 Å². The van der Waals surface area contributed by atoms with Crippen molar-refractivity contribution < 1.29 is 23.9 Å². The van der Waals surface area contributed by atoms with E-state index in [1.165, 1.54) is 24.3 Å². The molecule has 2 aromatic rings. The highest BCUT2D eigenvalue weighted by atomic mass is 79.9. The molecular weight excluding hydrogens is 581 g/mol. The van der Waals surface area contributed by atoms with Gasteiger partial charge in [-0.2, -0.15) is 0 Å². The van der Waals surface area contributed by atoms with E-state index in [0.29, 0.717) is 8.95 Å². The monoisotopic (exact) mass is 589 g/mol. The molecule has 1 fully saturated rings. The van der Waals surface area contributed by atoms with Gasteiger partial charge in [-0.25, -0.2) is 9.69 Å². The number of ether oxygens (including phenoxy) is 1. The lowest BCUT2D eigenvalue weighted by atomic mass is 10.1. The predicted octanol–water partition coefficient (Wildman–Crippen LogP) is 4.05. The maximum atomic E-state index is 13.1. The number of amides is 5. The quantitative estimate of drug-likeness (QED) is 0.402. The summed E-state index contributed by atoms with van der Waals surface area (Å²) < 4.78 is 6.45. The van der Waals surface area contributed by atoms with Crippen molar-refractivity contribution in [1.29, 1.82) is 0 Å². The molecule has 31 heavy (non-hydrogen) atoms. The van der Waals surface area contributed by atoms with E-state index >= 15 is 0 Å². The zero-order chi connectivity index (χ0) is 22.9. The molecule has 2 aromatic carbocycles. The molecule has 8 nitrogen and oxygen atoms in total. The van der Waals surface area contributed by atoms with E-state index in [9.17, 15) is 19.2 Å². The summed E-state index contributed by atoms with van der Waals surface area (Å²) in [6, 6.07) is 6.43. The molecule has 0 atom stereocenters. The summed E-state index contributed by atoms with van der Waals surface area (Å²) in [5, 5.41) is 2.47. The highest BCUT2D eigenvalue weighted by Gasteiger charge is 2.37.